The number of nitrogens with one attached hydrogen (secondary N) is 1. The SMILES string of the molecule is Cn1c(=O)[nH]c(=O)c2c1nc(SCc1ccccc1)n2CC(O)COc1ccccc1. The van der Waals surface area contributed by atoms with Crippen molar-refractivity contribution in [3.8, 4) is 5.75 Å². The molecule has 2 aromatic carbocycles. The van der Waals surface area contributed by atoms with Gasteiger partial charge in [-0.2, -0.15) is 0 Å². The number of para-hydroxylation sites is 1. The maximum Gasteiger partial charge on any atom is 0.329 e. The number of aromatic nitrogens is 4. The minimum atomic E-state index is -0.884. The van der Waals surface area contributed by atoms with Crippen LogP contribution in [0.4, 0.5) is 0 Å². The number of hydrogen-bond acceptors (Lipinski definition) is 6. The van der Waals surface area contributed by atoms with Crippen molar-refractivity contribution in [3.05, 3.63) is 87.1 Å². The summed E-state index contributed by atoms with van der Waals surface area (Å²) in [6, 6.07) is 19.1. The number of nitrogens with zero attached hydrogens (tertiary/aromatic N) is 3. The van der Waals surface area contributed by atoms with Crippen molar-refractivity contribution in [1.82, 2.24) is 19.1 Å². The molecule has 9 heteroatoms. The van der Waals surface area contributed by atoms with Crippen LogP contribution in [0.2, 0.25) is 0 Å². The zero-order chi connectivity index (χ0) is 21.8. The molecule has 0 aliphatic rings. The molecule has 0 amide bonds. The van der Waals surface area contributed by atoms with Crippen molar-refractivity contribution in [2.45, 2.75) is 23.6 Å². The molecule has 0 aliphatic carbocycles. The third kappa shape index (κ3) is 4.73. The second kappa shape index (κ2) is 9.23. The monoisotopic (exact) mass is 438 g/mol. The van der Waals surface area contributed by atoms with E-state index in [2.05, 4.69) is 9.97 Å². The van der Waals surface area contributed by atoms with E-state index in [1.165, 1.54) is 16.3 Å². The first kappa shape index (κ1) is 21.0. The Balaban J connectivity index is 1.63. The van der Waals surface area contributed by atoms with Gasteiger partial charge in [-0.25, -0.2) is 9.78 Å². The van der Waals surface area contributed by atoms with Crippen LogP contribution >= 0.6 is 11.8 Å². The topological polar surface area (TPSA) is 102 Å². The quantitative estimate of drug-likeness (QED) is 0.409. The maximum absolute atomic E-state index is 12.6. The molecule has 0 saturated carbocycles. The highest BCUT2D eigenvalue weighted by Gasteiger charge is 2.20. The number of ether oxygens (including phenoxy) is 1. The molecular weight excluding hydrogens is 416 g/mol. The summed E-state index contributed by atoms with van der Waals surface area (Å²) in [5.41, 5.74) is 0.557. The number of aliphatic hydroxyl groups is 1. The Kier molecular flexibility index (Phi) is 6.24. The molecule has 0 fully saturated rings. The number of benzene rings is 2. The molecule has 2 aromatic heterocycles. The van der Waals surface area contributed by atoms with Crippen molar-refractivity contribution >= 4 is 22.9 Å². The molecule has 2 N–H and O–H groups in total. The zero-order valence-corrected chi connectivity index (χ0v) is 17.7. The van der Waals surface area contributed by atoms with E-state index in [9.17, 15) is 14.7 Å². The molecule has 0 spiro atoms. The molecule has 0 saturated heterocycles. The Morgan fingerprint density at radius 2 is 1.77 bits per heavy atom. The fraction of sp³-hybridized carbons (Fsp3) is 0.227. The average molecular weight is 439 g/mol. The van der Waals surface area contributed by atoms with Crippen LogP contribution in [0.5, 0.6) is 5.75 Å². The number of aliphatic hydroxyl groups excluding tert-OH is 1. The lowest BCUT2D eigenvalue weighted by Gasteiger charge is -2.15. The molecule has 8 nitrogen and oxygen atoms in total. The van der Waals surface area contributed by atoms with Gasteiger partial charge in [-0.1, -0.05) is 60.3 Å². The minimum absolute atomic E-state index is 0.0517. The fourth-order valence-electron chi connectivity index (χ4n) is 3.19. The first-order chi connectivity index (χ1) is 15.0. The highest BCUT2D eigenvalue weighted by Crippen LogP contribution is 2.25. The van der Waals surface area contributed by atoms with E-state index in [0.717, 1.165) is 5.56 Å². The summed E-state index contributed by atoms with van der Waals surface area (Å²) in [5, 5.41) is 11.1. The van der Waals surface area contributed by atoms with Gasteiger partial charge >= 0.3 is 5.69 Å². The second-order valence-electron chi connectivity index (χ2n) is 7.05. The average Bonchev–Trinajstić information content (AvgIpc) is 3.15. The molecule has 1 unspecified atom stereocenters. The number of rotatable bonds is 8. The lowest BCUT2D eigenvalue weighted by Crippen LogP contribution is -2.30. The maximum atomic E-state index is 12.6. The van der Waals surface area contributed by atoms with Gasteiger partial charge in [-0.3, -0.25) is 14.3 Å². The molecule has 1 atom stereocenters. The first-order valence-electron chi connectivity index (χ1n) is 9.75. The Hall–Kier alpha value is -3.30. The Bertz CT molecular complexity index is 1280. The number of fused-ring (bicyclic) bond motifs is 1. The smallest absolute Gasteiger partial charge is 0.329 e. The van der Waals surface area contributed by atoms with E-state index in [-0.39, 0.29) is 24.3 Å². The molecule has 0 aliphatic heterocycles. The lowest BCUT2D eigenvalue weighted by molar-refractivity contribution is 0.0914. The predicted octanol–water partition coefficient (Wildman–Crippen LogP) is 2.16. The number of aryl methyl sites for hydroxylation is 1. The number of hydrogen-bond donors (Lipinski definition) is 2. The van der Waals surface area contributed by atoms with Crippen molar-refractivity contribution < 1.29 is 9.84 Å². The number of aromatic amines is 1. The summed E-state index contributed by atoms with van der Waals surface area (Å²) >= 11 is 1.44. The summed E-state index contributed by atoms with van der Waals surface area (Å²) in [6.07, 6.45) is -0.884. The van der Waals surface area contributed by atoms with E-state index in [4.69, 9.17) is 4.74 Å². The normalized spacial score (nSPS) is 12.2. The molecule has 31 heavy (non-hydrogen) atoms. The highest BCUT2D eigenvalue weighted by atomic mass is 32.2. The number of thioether (sulfide) groups is 1. The Morgan fingerprint density at radius 1 is 1.10 bits per heavy atom. The summed E-state index contributed by atoms with van der Waals surface area (Å²) < 4.78 is 8.59. The van der Waals surface area contributed by atoms with Gasteiger partial charge in [0.1, 0.15) is 18.5 Å². The van der Waals surface area contributed by atoms with Gasteiger partial charge in [-0.05, 0) is 17.7 Å². The molecule has 2 heterocycles. The van der Waals surface area contributed by atoms with E-state index < -0.39 is 17.4 Å². The Labute approximate surface area is 182 Å². The van der Waals surface area contributed by atoms with E-state index in [1.54, 1.807) is 23.7 Å². The molecular formula is C22H22N4O4S. The van der Waals surface area contributed by atoms with Gasteiger partial charge in [0.15, 0.2) is 16.3 Å². The van der Waals surface area contributed by atoms with Gasteiger partial charge in [0.25, 0.3) is 5.56 Å². The van der Waals surface area contributed by atoms with Gasteiger partial charge < -0.3 is 14.4 Å². The van der Waals surface area contributed by atoms with Crippen molar-refractivity contribution in [3.63, 3.8) is 0 Å². The summed E-state index contributed by atoms with van der Waals surface area (Å²) in [6.45, 7) is 0.151. The van der Waals surface area contributed by atoms with Crippen LogP contribution in [0.25, 0.3) is 11.2 Å². The minimum Gasteiger partial charge on any atom is -0.491 e. The van der Waals surface area contributed by atoms with Gasteiger partial charge in [-0.15, -0.1) is 0 Å². The van der Waals surface area contributed by atoms with Crippen LogP contribution in [0.3, 0.4) is 0 Å². The number of H-pyrrole nitrogens is 1. The third-order valence-electron chi connectivity index (χ3n) is 4.76. The van der Waals surface area contributed by atoms with Gasteiger partial charge in [0.2, 0.25) is 0 Å². The largest absolute Gasteiger partial charge is 0.491 e. The van der Waals surface area contributed by atoms with E-state index >= 15 is 0 Å². The summed E-state index contributed by atoms with van der Waals surface area (Å²) in [5.74, 6) is 1.28. The number of imidazole rings is 1. The summed E-state index contributed by atoms with van der Waals surface area (Å²) in [7, 11) is 1.55. The van der Waals surface area contributed by atoms with Crippen LogP contribution in [-0.4, -0.2) is 36.9 Å². The van der Waals surface area contributed by atoms with Gasteiger partial charge in [0.05, 0.1) is 6.54 Å². The molecule has 4 rings (SSSR count). The van der Waals surface area contributed by atoms with Crippen molar-refractivity contribution in [1.29, 1.82) is 0 Å². The van der Waals surface area contributed by atoms with Crippen LogP contribution < -0.4 is 16.0 Å². The molecule has 160 valence electrons. The Morgan fingerprint density at radius 3 is 2.48 bits per heavy atom. The van der Waals surface area contributed by atoms with Crippen molar-refractivity contribution in [2.24, 2.45) is 7.05 Å². The third-order valence-corrected chi connectivity index (χ3v) is 5.81. The van der Waals surface area contributed by atoms with E-state index in [1.807, 2.05) is 48.5 Å². The van der Waals surface area contributed by atoms with Crippen LogP contribution in [0.15, 0.2) is 75.4 Å². The molecule has 0 radical (unpaired) electrons. The lowest BCUT2D eigenvalue weighted by atomic mass is 10.2. The summed E-state index contributed by atoms with van der Waals surface area (Å²) in [4.78, 5) is 31.4. The van der Waals surface area contributed by atoms with Crippen LogP contribution in [0, 0.1) is 0 Å². The standard InChI is InChI=1S/C22H22N4O4S/c1-25-19-18(20(28)24-21(25)29)26(12-16(27)13-30-17-10-6-3-7-11-17)22(23-19)31-14-15-8-4-2-5-9-15/h2-11,16,27H,12-14H2,1H3,(H,24,28,29). The molecule has 4 aromatic rings. The first-order valence-corrected chi connectivity index (χ1v) is 10.7. The second-order valence-corrected chi connectivity index (χ2v) is 7.99. The molecule has 0 bridgehead atoms. The fourth-order valence-corrected chi connectivity index (χ4v) is 4.15. The zero-order valence-electron chi connectivity index (χ0n) is 16.9. The van der Waals surface area contributed by atoms with E-state index in [0.29, 0.717) is 16.7 Å². The van der Waals surface area contributed by atoms with Gasteiger partial charge in [0, 0.05) is 12.8 Å². The van der Waals surface area contributed by atoms with Crippen LogP contribution in [-0.2, 0) is 19.3 Å². The van der Waals surface area contributed by atoms with Crippen molar-refractivity contribution in [2.75, 3.05) is 6.61 Å². The highest BCUT2D eigenvalue weighted by molar-refractivity contribution is 7.98. The van der Waals surface area contributed by atoms with Crippen LogP contribution in [0.1, 0.15) is 5.56 Å². The predicted molar refractivity (Wildman–Crippen MR) is 120 cm³/mol.